The van der Waals surface area contributed by atoms with Crippen molar-refractivity contribution in [2.24, 2.45) is 0 Å². The Hall–Kier alpha value is -1.67. The molecule has 2 aromatic carbocycles. The van der Waals surface area contributed by atoms with E-state index >= 15 is 0 Å². The minimum absolute atomic E-state index is 0.233. The van der Waals surface area contributed by atoms with Crippen molar-refractivity contribution in [1.82, 2.24) is 4.90 Å². The fourth-order valence-corrected chi connectivity index (χ4v) is 4.24. The molecule has 29 heavy (non-hydrogen) atoms. The lowest BCUT2D eigenvalue weighted by Crippen LogP contribution is -2.22. The van der Waals surface area contributed by atoms with Crippen LogP contribution in [0.4, 0.5) is 4.79 Å². The van der Waals surface area contributed by atoms with Gasteiger partial charge in [0.05, 0.1) is 11.5 Å². The summed E-state index contributed by atoms with van der Waals surface area (Å²) < 4.78 is 12.3. The first-order valence-electron chi connectivity index (χ1n) is 8.54. The average molecular weight is 517 g/mol. The van der Waals surface area contributed by atoms with Gasteiger partial charge in [0.1, 0.15) is 6.61 Å². The molecule has 0 radical (unpaired) electrons. The molecule has 0 aromatic heterocycles. The third-order valence-corrected chi connectivity index (χ3v) is 6.27. The van der Waals surface area contributed by atoms with Gasteiger partial charge in [0.25, 0.3) is 11.1 Å². The number of benzene rings is 2. The molecule has 0 N–H and O–H groups in total. The van der Waals surface area contributed by atoms with Gasteiger partial charge in [0.15, 0.2) is 11.5 Å². The van der Waals surface area contributed by atoms with Crippen LogP contribution in [0.15, 0.2) is 39.7 Å². The molecule has 0 saturated carbocycles. The van der Waals surface area contributed by atoms with E-state index in [1.54, 1.807) is 36.4 Å². The number of rotatable bonds is 6. The third kappa shape index (κ3) is 5.09. The molecule has 5 nitrogen and oxygen atoms in total. The molecule has 2 amide bonds. The van der Waals surface area contributed by atoms with Crippen molar-refractivity contribution in [3.05, 3.63) is 60.9 Å². The fourth-order valence-electron chi connectivity index (χ4n) is 2.52. The first-order valence-corrected chi connectivity index (χ1v) is 10.9. The van der Waals surface area contributed by atoms with E-state index in [0.29, 0.717) is 43.1 Å². The van der Waals surface area contributed by atoms with Gasteiger partial charge in [-0.1, -0.05) is 45.2 Å². The van der Waals surface area contributed by atoms with E-state index in [4.69, 9.17) is 32.7 Å². The Labute approximate surface area is 191 Å². The van der Waals surface area contributed by atoms with Crippen LogP contribution in [0.5, 0.6) is 11.5 Å². The number of carbonyl (C=O) groups is 2. The van der Waals surface area contributed by atoms with E-state index in [-0.39, 0.29) is 17.8 Å². The normalized spacial score (nSPS) is 15.3. The van der Waals surface area contributed by atoms with E-state index in [1.165, 1.54) is 7.05 Å². The van der Waals surface area contributed by atoms with Gasteiger partial charge in [0.2, 0.25) is 0 Å². The van der Waals surface area contributed by atoms with Crippen molar-refractivity contribution in [2.45, 2.75) is 13.5 Å². The third-order valence-electron chi connectivity index (χ3n) is 4.03. The van der Waals surface area contributed by atoms with Gasteiger partial charge in [-0.25, -0.2) is 0 Å². The lowest BCUT2D eigenvalue weighted by atomic mass is 10.1. The highest BCUT2D eigenvalue weighted by Gasteiger charge is 2.32. The van der Waals surface area contributed by atoms with E-state index < -0.39 is 0 Å². The lowest BCUT2D eigenvalue weighted by Gasteiger charge is -2.15. The Morgan fingerprint density at radius 2 is 1.86 bits per heavy atom. The van der Waals surface area contributed by atoms with Gasteiger partial charge in [-0.2, -0.15) is 0 Å². The maximum Gasteiger partial charge on any atom is 0.293 e. The molecule has 3 rings (SSSR count). The molecule has 0 unspecified atom stereocenters. The van der Waals surface area contributed by atoms with Gasteiger partial charge in [-0.3, -0.25) is 14.5 Å². The van der Waals surface area contributed by atoms with E-state index in [0.717, 1.165) is 22.2 Å². The molecule has 152 valence electrons. The number of ether oxygens (including phenoxy) is 2. The number of hydrogen-bond acceptors (Lipinski definition) is 5. The van der Waals surface area contributed by atoms with Crippen LogP contribution in [-0.2, 0) is 11.4 Å². The summed E-state index contributed by atoms with van der Waals surface area (Å²) in [5, 5.41) is 0.765. The molecule has 9 heteroatoms. The van der Waals surface area contributed by atoms with Crippen LogP contribution in [0.1, 0.15) is 18.1 Å². The zero-order valence-electron chi connectivity index (χ0n) is 15.5. The van der Waals surface area contributed by atoms with Crippen molar-refractivity contribution in [2.75, 3.05) is 13.7 Å². The Bertz CT molecular complexity index is 1010. The molecule has 0 spiro atoms. The van der Waals surface area contributed by atoms with Gasteiger partial charge >= 0.3 is 0 Å². The predicted octanol–water partition coefficient (Wildman–Crippen LogP) is 6.40. The van der Waals surface area contributed by atoms with Crippen LogP contribution < -0.4 is 9.47 Å². The summed E-state index contributed by atoms with van der Waals surface area (Å²) in [4.78, 5) is 25.3. The summed E-state index contributed by atoms with van der Waals surface area (Å²) in [5.41, 5.74) is 1.49. The van der Waals surface area contributed by atoms with Gasteiger partial charge in [-0.05, 0) is 54.6 Å². The molecule has 0 aliphatic carbocycles. The minimum atomic E-state index is -0.331. The fraction of sp³-hybridized carbons (Fsp3) is 0.200. The number of amides is 2. The molecular weight excluding hydrogens is 501 g/mol. The number of hydrogen-bond donors (Lipinski definition) is 0. The quantitative estimate of drug-likeness (QED) is 0.416. The van der Waals surface area contributed by atoms with Crippen molar-refractivity contribution < 1.29 is 19.1 Å². The summed E-state index contributed by atoms with van der Waals surface area (Å²) in [6.45, 7) is 2.53. The standard InChI is InChI=1S/C20H16BrCl2NO4S/c1-3-27-16-6-12(7-18-19(25)24(2)20(26)29-18)14(21)9-17(16)28-10-11-4-5-13(22)8-15(11)23/h4-9H,3,10H2,1-2H3/b18-7-. The second-order valence-corrected chi connectivity index (χ2v) is 8.71. The van der Waals surface area contributed by atoms with E-state index in [9.17, 15) is 9.59 Å². The monoisotopic (exact) mass is 515 g/mol. The van der Waals surface area contributed by atoms with Crippen LogP contribution >= 0.6 is 50.9 Å². The topological polar surface area (TPSA) is 55.8 Å². The zero-order valence-corrected chi connectivity index (χ0v) is 19.4. The molecule has 1 saturated heterocycles. The maximum absolute atomic E-state index is 12.1. The van der Waals surface area contributed by atoms with Gasteiger partial charge < -0.3 is 9.47 Å². The first kappa shape index (κ1) is 22.0. The van der Waals surface area contributed by atoms with Crippen molar-refractivity contribution in [1.29, 1.82) is 0 Å². The molecule has 1 heterocycles. The summed E-state index contributed by atoms with van der Waals surface area (Å²) in [7, 11) is 1.46. The highest BCUT2D eigenvalue weighted by Crippen LogP contribution is 2.38. The summed E-state index contributed by atoms with van der Waals surface area (Å²) in [5.74, 6) is 0.704. The molecule has 2 aromatic rings. The van der Waals surface area contributed by atoms with Crippen LogP contribution in [0, 0.1) is 0 Å². The smallest absolute Gasteiger partial charge is 0.293 e. The van der Waals surface area contributed by atoms with Crippen LogP contribution in [-0.4, -0.2) is 29.7 Å². The van der Waals surface area contributed by atoms with Gasteiger partial charge in [-0.15, -0.1) is 0 Å². The minimum Gasteiger partial charge on any atom is -0.490 e. The summed E-state index contributed by atoms with van der Waals surface area (Å²) >= 11 is 16.5. The van der Waals surface area contributed by atoms with Crippen LogP contribution in [0.2, 0.25) is 10.0 Å². The van der Waals surface area contributed by atoms with Crippen molar-refractivity contribution in [3.63, 3.8) is 0 Å². The van der Waals surface area contributed by atoms with Crippen molar-refractivity contribution >= 4 is 68.1 Å². The van der Waals surface area contributed by atoms with Crippen molar-refractivity contribution in [3.8, 4) is 11.5 Å². The highest BCUT2D eigenvalue weighted by molar-refractivity contribution is 9.10. The Kier molecular flexibility index (Phi) is 7.16. The largest absolute Gasteiger partial charge is 0.490 e. The Morgan fingerprint density at radius 3 is 2.48 bits per heavy atom. The maximum atomic E-state index is 12.1. The Morgan fingerprint density at radius 1 is 1.14 bits per heavy atom. The number of imide groups is 1. The van der Waals surface area contributed by atoms with Crippen LogP contribution in [0.25, 0.3) is 6.08 Å². The van der Waals surface area contributed by atoms with Gasteiger partial charge in [0, 0.05) is 27.1 Å². The number of carbonyl (C=O) groups excluding carboxylic acids is 2. The highest BCUT2D eigenvalue weighted by atomic mass is 79.9. The molecule has 0 atom stereocenters. The second-order valence-electron chi connectivity index (χ2n) is 6.02. The SMILES string of the molecule is CCOc1cc(/C=C2\SC(=O)N(C)C2=O)c(Br)cc1OCc1ccc(Cl)cc1Cl. The predicted molar refractivity (Wildman–Crippen MR) is 120 cm³/mol. The lowest BCUT2D eigenvalue weighted by molar-refractivity contribution is -0.121. The number of likely N-dealkylation sites (N-methyl/N-ethyl adjacent to an activating group) is 1. The summed E-state index contributed by atoms with van der Waals surface area (Å²) in [6.07, 6.45) is 1.65. The zero-order chi connectivity index (χ0) is 21.1. The summed E-state index contributed by atoms with van der Waals surface area (Å²) in [6, 6.07) is 8.72. The van der Waals surface area contributed by atoms with E-state index in [1.807, 2.05) is 6.92 Å². The Balaban J connectivity index is 1.88. The molecule has 1 aliphatic heterocycles. The first-order chi connectivity index (χ1) is 13.8. The number of nitrogens with zero attached hydrogens (tertiary/aromatic N) is 1. The number of halogens is 3. The average Bonchev–Trinajstić information content (AvgIpc) is 2.91. The number of thioether (sulfide) groups is 1. The van der Waals surface area contributed by atoms with E-state index in [2.05, 4.69) is 15.9 Å². The van der Waals surface area contributed by atoms with Crippen LogP contribution in [0.3, 0.4) is 0 Å². The molecular formula is C20H16BrCl2NO4S. The molecule has 0 bridgehead atoms. The second kappa shape index (κ2) is 9.43. The molecule has 1 fully saturated rings. The molecule has 1 aliphatic rings.